The van der Waals surface area contributed by atoms with E-state index in [1.165, 1.54) is 0 Å². The second-order valence-electron chi connectivity index (χ2n) is 5.90. The predicted octanol–water partition coefficient (Wildman–Crippen LogP) is 4.27. The van der Waals surface area contributed by atoms with Crippen LogP contribution in [0.4, 0.5) is 17.1 Å². The minimum atomic E-state index is -0.320. The molecule has 0 bridgehead atoms. The van der Waals surface area contributed by atoms with Gasteiger partial charge in [0, 0.05) is 5.69 Å². The summed E-state index contributed by atoms with van der Waals surface area (Å²) < 4.78 is 5.35. The molecule has 27 heavy (non-hydrogen) atoms. The minimum absolute atomic E-state index is 0.293. The van der Waals surface area contributed by atoms with Crippen LogP contribution in [0.25, 0.3) is 0 Å². The molecule has 6 heteroatoms. The van der Waals surface area contributed by atoms with Gasteiger partial charge in [-0.15, -0.1) is 0 Å². The highest BCUT2D eigenvalue weighted by atomic mass is 16.5. The first-order valence-electron chi connectivity index (χ1n) is 8.28. The number of nitriles is 1. The summed E-state index contributed by atoms with van der Waals surface area (Å²) in [6, 6.07) is 17.9. The van der Waals surface area contributed by atoms with Crippen LogP contribution in [-0.2, 0) is 0 Å². The van der Waals surface area contributed by atoms with Gasteiger partial charge in [-0.3, -0.25) is 4.79 Å². The Hall–Kier alpha value is -3.85. The molecule has 2 aromatic carbocycles. The van der Waals surface area contributed by atoms with E-state index < -0.39 is 0 Å². The lowest BCUT2D eigenvalue weighted by molar-refractivity contribution is 0.102. The van der Waals surface area contributed by atoms with E-state index in [9.17, 15) is 4.79 Å². The Morgan fingerprint density at radius 1 is 1.07 bits per heavy atom. The van der Waals surface area contributed by atoms with Crippen LogP contribution in [0.5, 0.6) is 5.75 Å². The molecule has 0 aliphatic heterocycles. The van der Waals surface area contributed by atoms with Gasteiger partial charge in [-0.25, -0.2) is 4.98 Å². The van der Waals surface area contributed by atoms with Crippen LogP contribution in [0.1, 0.15) is 21.6 Å². The number of ether oxygens (including phenoxy) is 1. The summed E-state index contributed by atoms with van der Waals surface area (Å²) in [6.45, 7) is 2.00. The molecule has 3 aromatic rings. The average molecular weight is 358 g/mol. The fraction of sp³-hybridized carbons (Fsp3) is 0.0952. The van der Waals surface area contributed by atoms with Crippen molar-refractivity contribution in [1.82, 2.24) is 4.98 Å². The van der Waals surface area contributed by atoms with E-state index in [4.69, 9.17) is 10.00 Å². The number of anilines is 3. The molecule has 0 unspecified atom stereocenters. The number of methoxy groups -OCH3 is 1. The number of amides is 1. The topological polar surface area (TPSA) is 87.0 Å². The Bertz CT molecular complexity index is 990. The Morgan fingerprint density at radius 2 is 1.81 bits per heavy atom. The first-order chi connectivity index (χ1) is 13.1. The molecule has 3 rings (SSSR count). The van der Waals surface area contributed by atoms with Crippen LogP contribution in [-0.4, -0.2) is 18.0 Å². The molecule has 0 fully saturated rings. The van der Waals surface area contributed by atoms with E-state index in [1.807, 2.05) is 31.2 Å². The third kappa shape index (κ3) is 4.41. The maximum absolute atomic E-state index is 12.3. The Labute approximate surface area is 157 Å². The van der Waals surface area contributed by atoms with Gasteiger partial charge < -0.3 is 15.4 Å². The fourth-order valence-electron chi connectivity index (χ4n) is 2.50. The standard InChI is InChI=1S/C21H18N4O2/c1-14-3-10-20(27-2)19(11-14)24-17-8-9-18(23-13-17)21(26)25-16-6-4-15(12-22)5-7-16/h3-11,13,24H,1-2H3,(H,25,26). The van der Waals surface area contributed by atoms with Crippen molar-refractivity contribution in [3.8, 4) is 11.8 Å². The van der Waals surface area contributed by atoms with Crippen molar-refractivity contribution in [1.29, 1.82) is 5.26 Å². The summed E-state index contributed by atoms with van der Waals surface area (Å²) in [5, 5.41) is 14.8. The van der Waals surface area contributed by atoms with Crippen molar-refractivity contribution in [2.24, 2.45) is 0 Å². The summed E-state index contributed by atoms with van der Waals surface area (Å²) in [7, 11) is 1.62. The zero-order valence-electron chi connectivity index (χ0n) is 15.0. The van der Waals surface area contributed by atoms with Crippen molar-refractivity contribution in [2.75, 3.05) is 17.7 Å². The van der Waals surface area contributed by atoms with Gasteiger partial charge in [-0.05, 0) is 61.0 Å². The van der Waals surface area contributed by atoms with E-state index in [1.54, 1.807) is 49.7 Å². The summed E-state index contributed by atoms with van der Waals surface area (Å²) in [4.78, 5) is 16.5. The van der Waals surface area contributed by atoms with Crippen molar-refractivity contribution < 1.29 is 9.53 Å². The second-order valence-corrected chi connectivity index (χ2v) is 5.90. The number of aromatic nitrogens is 1. The number of nitrogens with one attached hydrogen (secondary N) is 2. The van der Waals surface area contributed by atoms with Crippen molar-refractivity contribution in [3.63, 3.8) is 0 Å². The number of aryl methyl sites for hydroxylation is 1. The minimum Gasteiger partial charge on any atom is -0.495 e. The van der Waals surface area contributed by atoms with Crippen LogP contribution < -0.4 is 15.4 Å². The molecule has 0 atom stereocenters. The zero-order valence-corrected chi connectivity index (χ0v) is 15.0. The Kier molecular flexibility index (Phi) is 5.33. The molecule has 0 radical (unpaired) electrons. The number of rotatable bonds is 5. The number of nitrogens with zero attached hydrogens (tertiary/aromatic N) is 2. The predicted molar refractivity (Wildman–Crippen MR) is 104 cm³/mol. The molecule has 2 N–H and O–H groups in total. The molecule has 0 saturated heterocycles. The third-order valence-electron chi connectivity index (χ3n) is 3.90. The highest BCUT2D eigenvalue weighted by Crippen LogP contribution is 2.28. The van der Waals surface area contributed by atoms with E-state index in [-0.39, 0.29) is 5.91 Å². The molecule has 0 saturated carbocycles. The number of carbonyl (C=O) groups is 1. The summed E-state index contributed by atoms with van der Waals surface area (Å²) >= 11 is 0. The summed E-state index contributed by atoms with van der Waals surface area (Å²) in [5.74, 6) is 0.405. The third-order valence-corrected chi connectivity index (χ3v) is 3.90. The van der Waals surface area contributed by atoms with Gasteiger partial charge in [0.15, 0.2) is 0 Å². The smallest absolute Gasteiger partial charge is 0.274 e. The molecular weight excluding hydrogens is 340 g/mol. The van der Waals surface area contributed by atoms with E-state index in [2.05, 4.69) is 15.6 Å². The summed E-state index contributed by atoms with van der Waals surface area (Å²) in [6.07, 6.45) is 1.59. The molecule has 6 nitrogen and oxygen atoms in total. The quantitative estimate of drug-likeness (QED) is 0.711. The number of carbonyl (C=O) groups excluding carboxylic acids is 1. The number of hydrogen-bond donors (Lipinski definition) is 2. The Balaban J connectivity index is 1.70. The van der Waals surface area contributed by atoms with Gasteiger partial charge in [-0.2, -0.15) is 5.26 Å². The number of pyridine rings is 1. The molecular formula is C21H18N4O2. The monoisotopic (exact) mass is 358 g/mol. The van der Waals surface area contributed by atoms with Crippen LogP contribution in [0, 0.1) is 18.3 Å². The molecule has 1 heterocycles. The molecule has 0 spiro atoms. The number of hydrogen-bond acceptors (Lipinski definition) is 5. The lowest BCUT2D eigenvalue weighted by Crippen LogP contribution is -2.13. The maximum atomic E-state index is 12.3. The molecule has 1 amide bonds. The number of benzene rings is 2. The van der Waals surface area contributed by atoms with Gasteiger partial charge in [-0.1, -0.05) is 6.07 Å². The van der Waals surface area contributed by atoms with E-state index >= 15 is 0 Å². The lowest BCUT2D eigenvalue weighted by Gasteiger charge is -2.12. The van der Waals surface area contributed by atoms with Gasteiger partial charge in [0.1, 0.15) is 11.4 Å². The van der Waals surface area contributed by atoms with Crippen molar-refractivity contribution in [3.05, 3.63) is 77.6 Å². The van der Waals surface area contributed by atoms with Gasteiger partial charge >= 0.3 is 0 Å². The van der Waals surface area contributed by atoms with Crippen molar-refractivity contribution >= 4 is 23.0 Å². The van der Waals surface area contributed by atoms with Crippen LogP contribution in [0.3, 0.4) is 0 Å². The highest BCUT2D eigenvalue weighted by molar-refractivity contribution is 6.03. The Morgan fingerprint density at radius 3 is 2.44 bits per heavy atom. The normalized spacial score (nSPS) is 9.96. The van der Waals surface area contributed by atoms with Crippen LogP contribution >= 0.6 is 0 Å². The van der Waals surface area contributed by atoms with E-state index in [0.717, 1.165) is 22.7 Å². The molecule has 134 valence electrons. The maximum Gasteiger partial charge on any atom is 0.274 e. The first-order valence-corrected chi connectivity index (χ1v) is 8.28. The zero-order chi connectivity index (χ0) is 19.2. The summed E-state index contributed by atoms with van der Waals surface area (Å²) in [5.41, 5.74) is 4.11. The fourth-order valence-corrected chi connectivity index (χ4v) is 2.50. The van der Waals surface area contributed by atoms with Crippen LogP contribution in [0.15, 0.2) is 60.8 Å². The highest BCUT2D eigenvalue weighted by Gasteiger charge is 2.09. The van der Waals surface area contributed by atoms with Gasteiger partial charge in [0.2, 0.25) is 0 Å². The van der Waals surface area contributed by atoms with E-state index in [0.29, 0.717) is 16.9 Å². The van der Waals surface area contributed by atoms with Gasteiger partial charge in [0.25, 0.3) is 5.91 Å². The SMILES string of the molecule is COc1ccc(C)cc1Nc1ccc(C(=O)Nc2ccc(C#N)cc2)nc1. The molecule has 0 aliphatic rings. The van der Waals surface area contributed by atoms with Crippen LogP contribution in [0.2, 0.25) is 0 Å². The average Bonchev–Trinajstić information content (AvgIpc) is 2.69. The second kappa shape index (κ2) is 8.02. The van der Waals surface area contributed by atoms with Crippen molar-refractivity contribution in [2.45, 2.75) is 6.92 Å². The largest absolute Gasteiger partial charge is 0.495 e. The molecule has 0 aliphatic carbocycles. The lowest BCUT2D eigenvalue weighted by atomic mass is 10.2. The van der Waals surface area contributed by atoms with Gasteiger partial charge in [0.05, 0.1) is 36.3 Å². The molecule has 1 aromatic heterocycles. The first kappa shape index (κ1) is 18.0.